The molecule has 0 saturated heterocycles. The molecule has 0 amide bonds. The van der Waals surface area contributed by atoms with Crippen molar-refractivity contribution in [3.8, 4) is 0 Å². The van der Waals surface area contributed by atoms with Crippen LogP contribution in [0.1, 0.15) is 42.0 Å². The fourth-order valence-electron chi connectivity index (χ4n) is 1.96. The molecule has 1 aromatic heterocycles. The summed E-state index contributed by atoms with van der Waals surface area (Å²) >= 11 is 0. The van der Waals surface area contributed by atoms with Gasteiger partial charge in [0.15, 0.2) is 0 Å². The third-order valence-corrected chi connectivity index (χ3v) is 3.15. The maximum absolute atomic E-state index is 12.5. The zero-order chi connectivity index (χ0) is 16.2. The molecule has 0 aliphatic carbocycles. The number of carbonyl (C=O) groups is 1. The lowest BCUT2D eigenvalue weighted by Gasteiger charge is -2.08. The number of nitrogens with zero attached hydrogens (tertiary/aromatic N) is 2. The SMILES string of the molecule is Cc1nn(CCOCCC(C)C)c(C)c1C(=O)C(F)(F)F. The Kier molecular flexibility index (Phi) is 5.95. The van der Waals surface area contributed by atoms with Gasteiger partial charge in [0.25, 0.3) is 5.78 Å². The first-order chi connectivity index (χ1) is 9.64. The number of Topliss-reactive ketones (excluding diaryl/α,β-unsaturated/α-hetero) is 1. The molecule has 0 spiro atoms. The van der Waals surface area contributed by atoms with Gasteiger partial charge in [-0.25, -0.2) is 0 Å². The second-order valence-corrected chi connectivity index (χ2v) is 5.39. The fraction of sp³-hybridized carbons (Fsp3) is 0.714. The van der Waals surface area contributed by atoms with E-state index in [2.05, 4.69) is 18.9 Å². The molecule has 7 heteroatoms. The van der Waals surface area contributed by atoms with E-state index in [4.69, 9.17) is 4.74 Å². The maximum Gasteiger partial charge on any atom is 0.455 e. The Morgan fingerprint density at radius 1 is 1.29 bits per heavy atom. The Morgan fingerprint density at radius 2 is 1.90 bits per heavy atom. The number of aryl methyl sites for hydroxylation is 1. The van der Waals surface area contributed by atoms with Crippen LogP contribution in [0.25, 0.3) is 0 Å². The van der Waals surface area contributed by atoms with Crippen LogP contribution in [0.4, 0.5) is 13.2 Å². The van der Waals surface area contributed by atoms with Gasteiger partial charge in [0, 0.05) is 12.3 Å². The summed E-state index contributed by atoms with van der Waals surface area (Å²) < 4.78 is 44.4. The minimum atomic E-state index is -4.88. The highest BCUT2D eigenvalue weighted by Gasteiger charge is 2.42. The van der Waals surface area contributed by atoms with Crippen LogP contribution in [-0.4, -0.2) is 35.0 Å². The molecule has 120 valence electrons. The first-order valence-corrected chi connectivity index (χ1v) is 6.87. The van der Waals surface area contributed by atoms with E-state index in [1.54, 1.807) is 0 Å². The number of halogens is 3. The van der Waals surface area contributed by atoms with Gasteiger partial charge in [0.1, 0.15) is 0 Å². The number of aromatic nitrogens is 2. The Labute approximate surface area is 122 Å². The lowest BCUT2D eigenvalue weighted by atomic mass is 10.1. The number of carbonyl (C=O) groups excluding carboxylic acids is 1. The van der Waals surface area contributed by atoms with Crippen molar-refractivity contribution in [2.75, 3.05) is 13.2 Å². The molecule has 0 bridgehead atoms. The molecule has 1 aromatic rings. The van der Waals surface area contributed by atoms with E-state index in [1.165, 1.54) is 18.5 Å². The summed E-state index contributed by atoms with van der Waals surface area (Å²) in [5, 5.41) is 3.99. The van der Waals surface area contributed by atoms with Crippen molar-refractivity contribution in [1.29, 1.82) is 0 Å². The average Bonchev–Trinajstić information content (AvgIpc) is 2.61. The van der Waals surface area contributed by atoms with Crippen molar-refractivity contribution in [1.82, 2.24) is 9.78 Å². The van der Waals surface area contributed by atoms with Gasteiger partial charge in [-0.1, -0.05) is 13.8 Å². The Balaban J connectivity index is 2.68. The van der Waals surface area contributed by atoms with Crippen LogP contribution in [0.3, 0.4) is 0 Å². The first kappa shape index (κ1) is 17.7. The minimum Gasteiger partial charge on any atom is -0.380 e. The van der Waals surface area contributed by atoms with Crippen LogP contribution in [0.15, 0.2) is 0 Å². The van der Waals surface area contributed by atoms with E-state index in [9.17, 15) is 18.0 Å². The van der Waals surface area contributed by atoms with Crippen LogP contribution in [-0.2, 0) is 11.3 Å². The molecule has 21 heavy (non-hydrogen) atoms. The van der Waals surface area contributed by atoms with Gasteiger partial charge >= 0.3 is 6.18 Å². The quantitative estimate of drug-likeness (QED) is 0.573. The molecule has 0 saturated carbocycles. The molecule has 0 N–H and O–H groups in total. The largest absolute Gasteiger partial charge is 0.455 e. The molecule has 0 fully saturated rings. The van der Waals surface area contributed by atoms with E-state index in [1.807, 2.05) is 0 Å². The summed E-state index contributed by atoms with van der Waals surface area (Å²) in [5.41, 5.74) is -0.0380. The lowest BCUT2D eigenvalue weighted by Crippen LogP contribution is -2.24. The Hall–Kier alpha value is -1.37. The van der Waals surface area contributed by atoms with Gasteiger partial charge in [-0.3, -0.25) is 9.48 Å². The highest BCUT2D eigenvalue weighted by atomic mass is 19.4. The topological polar surface area (TPSA) is 44.1 Å². The van der Waals surface area contributed by atoms with Gasteiger partial charge in [-0.15, -0.1) is 0 Å². The monoisotopic (exact) mass is 306 g/mol. The molecule has 0 radical (unpaired) electrons. The van der Waals surface area contributed by atoms with E-state index in [0.29, 0.717) is 25.7 Å². The van der Waals surface area contributed by atoms with Crippen molar-refractivity contribution in [3.63, 3.8) is 0 Å². The molecule has 0 aromatic carbocycles. The van der Waals surface area contributed by atoms with Crippen molar-refractivity contribution in [2.45, 2.75) is 46.8 Å². The smallest absolute Gasteiger partial charge is 0.380 e. The van der Waals surface area contributed by atoms with E-state index in [0.717, 1.165) is 6.42 Å². The number of rotatable bonds is 7. The fourth-order valence-corrected chi connectivity index (χ4v) is 1.96. The van der Waals surface area contributed by atoms with Crippen LogP contribution < -0.4 is 0 Å². The van der Waals surface area contributed by atoms with E-state index >= 15 is 0 Å². The molecular formula is C14H21F3N2O2. The third kappa shape index (κ3) is 4.84. The summed E-state index contributed by atoms with van der Waals surface area (Å²) in [6, 6.07) is 0. The van der Waals surface area contributed by atoms with Gasteiger partial charge in [0.2, 0.25) is 0 Å². The lowest BCUT2D eigenvalue weighted by molar-refractivity contribution is -0.0886. The normalized spacial score (nSPS) is 12.2. The molecule has 0 unspecified atom stereocenters. The predicted octanol–water partition coefficient (Wildman–Crippen LogP) is 3.31. The first-order valence-electron chi connectivity index (χ1n) is 6.87. The Bertz CT molecular complexity index is 493. The van der Waals surface area contributed by atoms with Gasteiger partial charge in [0.05, 0.1) is 24.4 Å². The molecule has 1 heterocycles. The summed E-state index contributed by atoms with van der Waals surface area (Å²) in [6.07, 6.45) is -3.95. The number of ether oxygens (including phenoxy) is 1. The number of hydrogen-bond acceptors (Lipinski definition) is 3. The molecule has 1 rings (SSSR count). The van der Waals surface area contributed by atoms with E-state index < -0.39 is 12.0 Å². The number of hydrogen-bond donors (Lipinski definition) is 0. The zero-order valence-corrected chi connectivity index (χ0v) is 12.8. The summed E-state index contributed by atoms with van der Waals surface area (Å²) in [5.74, 6) is -1.31. The molecule has 4 nitrogen and oxygen atoms in total. The van der Waals surface area contributed by atoms with Crippen LogP contribution in [0.2, 0.25) is 0 Å². The minimum absolute atomic E-state index is 0.0944. The third-order valence-electron chi connectivity index (χ3n) is 3.15. The summed E-state index contributed by atoms with van der Waals surface area (Å²) in [6.45, 7) is 8.32. The highest BCUT2D eigenvalue weighted by molar-refractivity contribution is 6.02. The molecule has 0 atom stereocenters. The zero-order valence-electron chi connectivity index (χ0n) is 12.8. The average molecular weight is 306 g/mol. The van der Waals surface area contributed by atoms with Crippen molar-refractivity contribution in [3.05, 3.63) is 17.0 Å². The predicted molar refractivity (Wildman–Crippen MR) is 72.4 cm³/mol. The van der Waals surface area contributed by atoms with Gasteiger partial charge < -0.3 is 4.74 Å². The van der Waals surface area contributed by atoms with Gasteiger partial charge in [-0.2, -0.15) is 18.3 Å². The standard InChI is InChI=1S/C14H21F3N2O2/c1-9(2)5-7-21-8-6-19-11(4)12(10(3)18-19)13(20)14(15,16)17/h9H,5-8H2,1-4H3. The Morgan fingerprint density at radius 3 is 2.43 bits per heavy atom. The number of ketones is 1. The molecular weight excluding hydrogens is 285 g/mol. The molecule has 0 aliphatic rings. The second kappa shape index (κ2) is 7.06. The van der Waals surface area contributed by atoms with Crippen LogP contribution in [0, 0.1) is 19.8 Å². The van der Waals surface area contributed by atoms with E-state index in [-0.39, 0.29) is 17.0 Å². The molecule has 0 aliphatic heterocycles. The second-order valence-electron chi connectivity index (χ2n) is 5.39. The van der Waals surface area contributed by atoms with Crippen LogP contribution >= 0.6 is 0 Å². The summed E-state index contributed by atoms with van der Waals surface area (Å²) in [7, 11) is 0. The number of alkyl halides is 3. The summed E-state index contributed by atoms with van der Waals surface area (Å²) in [4.78, 5) is 11.4. The highest BCUT2D eigenvalue weighted by Crippen LogP contribution is 2.25. The van der Waals surface area contributed by atoms with Crippen LogP contribution in [0.5, 0.6) is 0 Å². The van der Waals surface area contributed by atoms with Crippen molar-refractivity contribution in [2.24, 2.45) is 5.92 Å². The van der Waals surface area contributed by atoms with Crippen molar-refractivity contribution >= 4 is 5.78 Å². The maximum atomic E-state index is 12.5. The van der Waals surface area contributed by atoms with Crippen molar-refractivity contribution < 1.29 is 22.7 Å². The van der Waals surface area contributed by atoms with Gasteiger partial charge in [-0.05, 0) is 26.2 Å².